The van der Waals surface area contributed by atoms with Crippen LogP contribution in [0.25, 0.3) is 21.8 Å². The number of piperidine rings is 1. The molecule has 3 aromatic rings. The Morgan fingerprint density at radius 1 is 1.04 bits per heavy atom. The minimum absolute atomic E-state index is 0.217. The molecule has 1 aliphatic heterocycles. The molecule has 6 heteroatoms. The van der Waals surface area contributed by atoms with Crippen LogP contribution in [-0.4, -0.2) is 41.5 Å². The zero-order valence-corrected chi connectivity index (χ0v) is 14.9. The van der Waals surface area contributed by atoms with Crippen molar-refractivity contribution in [1.82, 2.24) is 9.47 Å². The van der Waals surface area contributed by atoms with Gasteiger partial charge in [0.25, 0.3) is 5.91 Å². The summed E-state index contributed by atoms with van der Waals surface area (Å²) in [6.07, 6.45) is 2.19. The van der Waals surface area contributed by atoms with Gasteiger partial charge in [0.05, 0.1) is 5.52 Å². The van der Waals surface area contributed by atoms with E-state index in [0.717, 1.165) is 36.8 Å². The number of nitrogens with zero attached hydrogens (tertiary/aromatic N) is 3. The molecule has 4 rings (SSSR count). The summed E-state index contributed by atoms with van der Waals surface area (Å²) < 4.78 is 2.39. The summed E-state index contributed by atoms with van der Waals surface area (Å²) in [5.41, 5.74) is 13.5. The Hall–Kier alpha value is -2.86. The van der Waals surface area contributed by atoms with Crippen molar-refractivity contribution in [1.29, 1.82) is 0 Å². The van der Waals surface area contributed by atoms with Crippen molar-refractivity contribution in [3.05, 3.63) is 48.0 Å². The highest BCUT2D eigenvalue weighted by atomic mass is 16.1. The van der Waals surface area contributed by atoms with Gasteiger partial charge in [-0.2, -0.15) is 4.99 Å². The highest BCUT2D eigenvalue weighted by Gasteiger charge is 2.23. The normalized spacial score (nSPS) is 16.2. The monoisotopic (exact) mass is 349 g/mol. The van der Waals surface area contributed by atoms with E-state index < -0.39 is 5.91 Å². The Morgan fingerprint density at radius 2 is 1.73 bits per heavy atom. The number of nitrogens with two attached hydrogens (primary N) is 2. The minimum Gasteiger partial charge on any atom is -0.370 e. The molecule has 1 aliphatic rings. The number of fused-ring (bicyclic) bond motifs is 3. The van der Waals surface area contributed by atoms with E-state index in [4.69, 9.17) is 11.5 Å². The number of benzene rings is 2. The predicted molar refractivity (Wildman–Crippen MR) is 105 cm³/mol. The molecule has 1 saturated heterocycles. The van der Waals surface area contributed by atoms with Crippen molar-refractivity contribution >= 4 is 33.7 Å². The number of carbonyl (C=O) groups is 1. The van der Waals surface area contributed by atoms with Gasteiger partial charge in [0.15, 0.2) is 5.96 Å². The number of carbonyl (C=O) groups excluding carboxylic acids is 1. The second-order valence-corrected chi connectivity index (χ2v) is 7.00. The first-order valence-corrected chi connectivity index (χ1v) is 8.90. The first-order valence-electron chi connectivity index (χ1n) is 8.90. The molecule has 2 heterocycles. The van der Waals surface area contributed by atoms with Crippen molar-refractivity contribution in [2.24, 2.45) is 16.5 Å². The average Bonchev–Trinajstić information content (AvgIpc) is 2.95. The number of para-hydroxylation sites is 1. The highest BCUT2D eigenvalue weighted by Crippen LogP contribution is 2.35. The maximum Gasteiger partial charge on any atom is 0.280 e. The molecule has 1 fully saturated rings. The van der Waals surface area contributed by atoms with Gasteiger partial charge in [0.2, 0.25) is 0 Å². The Labute approximate surface area is 152 Å². The van der Waals surface area contributed by atoms with Crippen LogP contribution >= 0.6 is 0 Å². The summed E-state index contributed by atoms with van der Waals surface area (Å²) in [5, 5.41) is 2.36. The van der Waals surface area contributed by atoms with E-state index in [1.54, 1.807) is 6.07 Å². The summed E-state index contributed by atoms with van der Waals surface area (Å²) in [7, 11) is 2.16. The lowest BCUT2D eigenvalue weighted by Gasteiger charge is -2.31. The largest absolute Gasteiger partial charge is 0.370 e. The lowest BCUT2D eigenvalue weighted by atomic mass is 10.0. The number of aliphatic imine (C=N–C) groups is 1. The molecule has 0 atom stereocenters. The Kier molecular flexibility index (Phi) is 4.12. The zero-order valence-electron chi connectivity index (χ0n) is 14.9. The lowest BCUT2D eigenvalue weighted by molar-refractivity contribution is 0.100. The van der Waals surface area contributed by atoms with Gasteiger partial charge in [-0.05, 0) is 51.2 Å². The second kappa shape index (κ2) is 6.46. The summed E-state index contributed by atoms with van der Waals surface area (Å²) in [4.78, 5) is 18.3. The van der Waals surface area contributed by atoms with Crippen molar-refractivity contribution in [3.63, 3.8) is 0 Å². The maximum absolute atomic E-state index is 12.3. The molecule has 0 bridgehead atoms. The van der Waals surface area contributed by atoms with Gasteiger partial charge in [-0.15, -0.1) is 0 Å². The molecule has 26 heavy (non-hydrogen) atoms. The fourth-order valence-corrected chi connectivity index (χ4v) is 3.96. The van der Waals surface area contributed by atoms with E-state index in [1.165, 1.54) is 10.9 Å². The highest BCUT2D eigenvalue weighted by molar-refractivity contribution is 6.11. The Morgan fingerprint density at radius 3 is 2.46 bits per heavy atom. The van der Waals surface area contributed by atoms with Crippen LogP contribution in [0, 0.1) is 0 Å². The van der Waals surface area contributed by atoms with Crippen LogP contribution in [-0.2, 0) is 0 Å². The third kappa shape index (κ3) is 2.82. The molecule has 2 aromatic carbocycles. The van der Waals surface area contributed by atoms with Gasteiger partial charge in [0, 0.05) is 27.9 Å². The van der Waals surface area contributed by atoms with Gasteiger partial charge >= 0.3 is 0 Å². The fourth-order valence-electron chi connectivity index (χ4n) is 3.96. The third-order valence-electron chi connectivity index (χ3n) is 5.24. The van der Waals surface area contributed by atoms with Crippen LogP contribution in [0.4, 0.5) is 0 Å². The van der Waals surface area contributed by atoms with Gasteiger partial charge in [-0.1, -0.05) is 24.3 Å². The van der Waals surface area contributed by atoms with E-state index in [-0.39, 0.29) is 5.96 Å². The van der Waals surface area contributed by atoms with E-state index in [9.17, 15) is 4.79 Å². The van der Waals surface area contributed by atoms with Crippen LogP contribution in [0.1, 0.15) is 29.2 Å². The molecular weight excluding hydrogens is 326 g/mol. The number of amides is 1. The quantitative estimate of drug-likeness (QED) is 0.549. The number of guanidine groups is 1. The molecule has 0 saturated carbocycles. The minimum atomic E-state index is -0.410. The van der Waals surface area contributed by atoms with Crippen LogP contribution in [0.2, 0.25) is 0 Å². The third-order valence-corrected chi connectivity index (χ3v) is 5.24. The molecular formula is C20H23N5O. The average molecular weight is 349 g/mol. The summed E-state index contributed by atoms with van der Waals surface area (Å²) >= 11 is 0. The van der Waals surface area contributed by atoms with Crippen molar-refractivity contribution in [2.45, 2.75) is 18.9 Å². The Bertz CT molecular complexity index is 1010. The topological polar surface area (TPSA) is 89.6 Å². The van der Waals surface area contributed by atoms with Gasteiger partial charge in [-0.3, -0.25) is 4.79 Å². The van der Waals surface area contributed by atoms with E-state index in [2.05, 4.69) is 45.8 Å². The standard InChI is InChI=1S/C20H23N5O/c1-24-10-8-14(9-11-24)25-17-5-3-2-4-15(17)16-7-6-13(12-18(16)25)19(26)23-20(21)22/h2-7,12,14H,8-11H2,1H3,(H4,21,22,23,26). The van der Waals surface area contributed by atoms with Crippen LogP contribution in [0.3, 0.4) is 0 Å². The smallest absolute Gasteiger partial charge is 0.280 e. The molecule has 1 aromatic heterocycles. The van der Waals surface area contributed by atoms with Crippen molar-refractivity contribution < 1.29 is 4.79 Å². The summed E-state index contributed by atoms with van der Waals surface area (Å²) in [5.74, 6) is -0.627. The molecule has 0 spiro atoms. The number of rotatable bonds is 2. The second-order valence-electron chi connectivity index (χ2n) is 7.00. The van der Waals surface area contributed by atoms with E-state index >= 15 is 0 Å². The lowest BCUT2D eigenvalue weighted by Crippen LogP contribution is -2.31. The predicted octanol–water partition coefficient (Wildman–Crippen LogP) is 2.47. The molecule has 1 amide bonds. The number of aromatic nitrogens is 1. The SMILES string of the molecule is CN1CCC(n2c3ccccc3c3ccc(C(=O)N=C(N)N)cc32)CC1. The first-order chi connectivity index (χ1) is 12.5. The van der Waals surface area contributed by atoms with Crippen molar-refractivity contribution in [2.75, 3.05) is 20.1 Å². The van der Waals surface area contributed by atoms with Gasteiger partial charge < -0.3 is 20.9 Å². The Balaban J connectivity index is 1.91. The van der Waals surface area contributed by atoms with Crippen LogP contribution in [0.15, 0.2) is 47.5 Å². The van der Waals surface area contributed by atoms with E-state index in [0.29, 0.717) is 11.6 Å². The molecule has 0 unspecified atom stereocenters. The molecule has 6 nitrogen and oxygen atoms in total. The zero-order chi connectivity index (χ0) is 18.3. The molecule has 134 valence electrons. The summed E-state index contributed by atoms with van der Waals surface area (Å²) in [6.45, 7) is 2.15. The van der Waals surface area contributed by atoms with E-state index in [1.807, 2.05) is 12.1 Å². The van der Waals surface area contributed by atoms with Crippen molar-refractivity contribution in [3.8, 4) is 0 Å². The molecule has 4 N–H and O–H groups in total. The molecule has 0 radical (unpaired) electrons. The van der Waals surface area contributed by atoms with Gasteiger partial charge in [0.1, 0.15) is 0 Å². The number of hydrogen-bond acceptors (Lipinski definition) is 2. The first kappa shape index (κ1) is 16.6. The molecule has 0 aliphatic carbocycles. The number of likely N-dealkylation sites (tertiary alicyclic amines) is 1. The van der Waals surface area contributed by atoms with Crippen LogP contribution in [0.5, 0.6) is 0 Å². The summed E-state index contributed by atoms with van der Waals surface area (Å²) in [6, 6.07) is 14.6. The van der Waals surface area contributed by atoms with Crippen LogP contribution < -0.4 is 11.5 Å². The number of hydrogen-bond donors (Lipinski definition) is 2. The fraction of sp³-hybridized carbons (Fsp3) is 0.300. The maximum atomic E-state index is 12.3. The van der Waals surface area contributed by atoms with Gasteiger partial charge in [-0.25, -0.2) is 0 Å².